The first-order chi connectivity index (χ1) is 6.27. The van der Waals surface area contributed by atoms with Crippen molar-refractivity contribution in [2.24, 2.45) is 0 Å². The van der Waals surface area contributed by atoms with Crippen molar-refractivity contribution in [1.82, 2.24) is 0 Å². The molecule has 5 nitrogen and oxygen atoms in total. The highest BCUT2D eigenvalue weighted by Gasteiger charge is 2.15. The third-order valence-electron chi connectivity index (χ3n) is 2.09. The summed E-state index contributed by atoms with van der Waals surface area (Å²) in [6, 6.07) is 0. The largest absolute Gasteiger partial charge is 0.396 e. The molecule has 0 atom stereocenters. The monoisotopic (exact) mass is 226 g/mol. The SMILES string of the molecule is C[N+](C)(CCCO)CCCS(=O)(=O)O. The fourth-order valence-corrected chi connectivity index (χ4v) is 1.78. The first-order valence-electron chi connectivity index (χ1n) is 4.65. The zero-order chi connectivity index (χ0) is 11.2. The predicted molar refractivity (Wildman–Crippen MR) is 54.6 cm³/mol. The topological polar surface area (TPSA) is 74.6 Å². The van der Waals surface area contributed by atoms with Gasteiger partial charge < -0.3 is 9.59 Å². The van der Waals surface area contributed by atoms with Gasteiger partial charge in [0.1, 0.15) is 0 Å². The van der Waals surface area contributed by atoms with E-state index in [1.807, 2.05) is 14.1 Å². The summed E-state index contributed by atoms with van der Waals surface area (Å²) in [5.41, 5.74) is 0. The van der Waals surface area contributed by atoms with Crippen LogP contribution in [0.3, 0.4) is 0 Å². The molecule has 0 fully saturated rings. The Balaban J connectivity index is 3.76. The Morgan fingerprint density at radius 2 is 1.64 bits per heavy atom. The van der Waals surface area contributed by atoms with Crippen LogP contribution >= 0.6 is 0 Å². The predicted octanol–water partition coefficient (Wildman–Crippen LogP) is -0.277. The number of quaternary nitrogens is 1. The number of hydrogen-bond donors (Lipinski definition) is 2. The molecule has 0 heterocycles. The summed E-state index contributed by atoms with van der Waals surface area (Å²) < 4.78 is 30.1. The van der Waals surface area contributed by atoms with Crippen molar-refractivity contribution >= 4 is 10.1 Å². The molecule has 0 bridgehead atoms. The third-order valence-corrected chi connectivity index (χ3v) is 2.89. The maximum Gasteiger partial charge on any atom is 0.265 e. The van der Waals surface area contributed by atoms with Crippen LogP contribution in [0, 0.1) is 0 Å². The highest BCUT2D eigenvalue weighted by Crippen LogP contribution is 2.02. The van der Waals surface area contributed by atoms with Gasteiger partial charge in [-0.05, 0) is 0 Å². The highest BCUT2D eigenvalue weighted by molar-refractivity contribution is 7.85. The lowest BCUT2D eigenvalue weighted by Crippen LogP contribution is -2.42. The van der Waals surface area contributed by atoms with Gasteiger partial charge in [-0.15, -0.1) is 0 Å². The van der Waals surface area contributed by atoms with E-state index in [1.165, 1.54) is 0 Å². The van der Waals surface area contributed by atoms with Crippen LogP contribution in [0.25, 0.3) is 0 Å². The molecule has 14 heavy (non-hydrogen) atoms. The molecule has 0 radical (unpaired) electrons. The van der Waals surface area contributed by atoms with E-state index in [1.54, 1.807) is 0 Å². The van der Waals surface area contributed by atoms with Crippen molar-refractivity contribution in [3.63, 3.8) is 0 Å². The van der Waals surface area contributed by atoms with Crippen molar-refractivity contribution in [3.8, 4) is 0 Å². The van der Waals surface area contributed by atoms with E-state index in [4.69, 9.17) is 9.66 Å². The van der Waals surface area contributed by atoms with E-state index >= 15 is 0 Å². The quantitative estimate of drug-likeness (QED) is 0.462. The van der Waals surface area contributed by atoms with Crippen LogP contribution in [-0.4, -0.2) is 62.1 Å². The van der Waals surface area contributed by atoms with Gasteiger partial charge in [0.15, 0.2) is 0 Å². The summed E-state index contributed by atoms with van der Waals surface area (Å²) in [4.78, 5) is 0. The molecule has 0 saturated carbocycles. The minimum atomic E-state index is -3.83. The minimum absolute atomic E-state index is 0.153. The number of rotatable bonds is 7. The van der Waals surface area contributed by atoms with Crippen LogP contribution in [0.5, 0.6) is 0 Å². The summed E-state index contributed by atoms with van der Waals surface area (Å²) in [6.07, 6.45) is 1.15. The Hall–Kier alpha value is -0.170. The Kier molecular flexibility index (Phi) is 5.58. The first-order valence-corrected chi connectivity index (χ1v) is 6.26. The van der Waals surface area contributed by atoms with Crippen molar-refractivity contribution in [2.45, 2.75) is 12.8 Å². The molecule has 0 aliphatic heterocycles. The lowest BCUT2D eigenvalue weighted by molar-refractivity contribution is -0.890. The molecule has 0 rings (SSSR count). The Morgan fingerprint density at radius 1 is 1.14 bits per heavy atom. The summed E-state index contributed by atoms with van der Waals surface area (Å²) >= 11 is 0. The summed E-state index contributed by atoms with van der Waals surface area (Å²) in [5.74, 6) is -0.187. The van der Waals surface area contributed by atoms with Gasteiger partial charge in [-0.25, -0.2) is 0 Å². The zero-order valence-corrected chi connectivity index (χ0v) is 9.63. The molecule has 0 unspecified atom stereocenters. The highest BCUT2D eigenvalue weighted by atomic mass is 32.2. The average molecular weight is 226 g/mol. The molecule has 0 aromatic rings. The third kappa shape index (κ3) is 8.43. The zero-order valence-electron chi connectivity index (χ0n) is 8.81. The van der Waals surface area contributed by atoms with Gasteiger partial charge in [0.05, 0.1) is 32.9 Å². The van der Waals surface area contributed by atoms with Crippen LogP contribution in [-0.2, 0) is 10.1 Å². The maximum absolute atomic E-state index is 10.4. The second-order valence-corrected chi connectivity index (χ2v) is 5.67. The molecule has 0 spiro atoms. The number of aliphatic hydroxyl groups is 1. The van der Waals surface area contributed by atoms with Gasteiger partial charge in [0.2, 0.25) is 0 Å². The van der Waals surface area contributed by atoms with Crippen LogP contribution < -0.4 is 0 Å². The fourth-order valence-electron chi connectivity index (χ4n) is 1.29. The maximum atomic E-state index is 10.4. The van der Waals surface area contributed by atoms with Gasteiger partial charge in [-0.1, -0.05) is 0 Å². The molecule has 0 aliphatic carbocycles. The van der Waals surface area contributed by atoms with E-state index in [9.17, 15) is 8.42 Å². The normalized spacial score (nSPS) is 13.1. The summed E-state index contributed by atoms with van der Waals surface area (Å²) in [7, 11) is 0.117. The molecule has 86 valence electrons. The van der Waals surface area contributed by atoms with Crippen molar-refractivity contribution < 1.29 is 22.6 Å². The second kappa shape index (κ2) is 5.65. The Bertz CT molecular complexity index is 248. The molecule has 6 heteroatoms. The van der Waals surface area contributed by atoms with E-state index in [0.717, 1.165) is 6.54 Å². The van der Waals surface area contributed by atoms with Crippen LogP contribution in [0.1, 0.15) is 12.8 Å². The molecule has 0 aromatic heterocycles. The van der Waals surface area contributed by atoms with Gasteiger partial charge >= 0.3 is 0 Å². The second-order valence-electron chi connectivity index (χ2n) is 4.10. The molecular weight excluding hydrogens is 206 g/mol. The van der Waals surface area contributed by atoms with Gasteiger partial charge in [0, 0.05) is 19.4 Å². The fraction of sp³-hybridized carbons (Fsp3) is 1.00. The van der Waals surface area contributed by atoms with E-state index < -0.39 is 10.1 Å². The number of hydrogen-bond acceptors (Lipinski definition) is 3. The Labute approximate surface area is 85.7 Å². The van der Waals surface area contributed by atoms with Crippen LogP contribution in [0.2, 0.25) is 0 Å². The summed E-state index contributed by atoms with van der Waals surface area (Å²) in [6.45, 7) is 1.64. The van der Waals surface area contributed by atoms with Crippen molar-refractivity contribution in [2.75, 3.05) is 39.5 Å². The smallest absolute Gasteiger partial charge is 0.265 e. The van der Waals surface area contributed by atoms with E-state index in [0.29, 0.717) is 23.9 Å². The van der Waals surface area contributed by atoms with E-state index in [-0.39, 0.29) is 12.4 Å². The van der Waals surface area contributed by atoms with Crippen molar-refractivity contribution in [1.29, 1.82) is 0 Å². The molecule has 0 aromatic carbocycles. The van der Waals surface area contributed by atoms with Crippen LogP contribution in [0.4, 0.5) is 0 Å². The van der Waals surface area contributed by atoms with E-state index in [2.05, 4.69) is 0 Å². The van der Waals surface area contributed by atoms with Gasteiger partial charge in [-0.2, -0.15) is 8.42 Å². The van der Waals surface area contributed by atoms with Gasteiger partial charge in [-0.3, -0.25) is 4.55 Å². The minimum Gasteiger partial charge on any atom is -0.396 e. The number of aliphatic hydroxyl groups excluding tert-OH is 1. The molecule has 0 saturated heterocycles. The Morgan fingerprint density at radius 3 is 2.07 bits per heavy atom. The number of nitrogens with zero attached hydrogens (tertiary/aromatic N) is 1. The van der Waals surface area contributed by atoms with Crippen molar-refractivity contribution in [3.05, 3.63) is 0 Å². The first kappa shape index (κ1) is 13.8. The van der Waals surface area contributed by atoms with Gasteiger partial charge in [0.25, 0.3) is 10.1 Å². The van der Waals surface area contributed by atoms with Crippen LogP contribution in [0.15, 0.2) is 0 Å². The molecule has 0 aliphatic rings. The standard InChI is InChI=1S/C8H19NO4S/c1-9(2,5-3-7-10)6-4-8-14(11,12)13/h10H,3-8H2,1-2H3/p+1. The molecule has 2 N–H and O–H groups in total. The lowest BCUT2D eigenvalue weighted by Gasteiger charge is -2.29. The lowest BCUT2D eigenvalue weighted by atomic mass is 10.3. The molecule has 0 amide bonds. The average Bonchev–Trinajstić information content (AvgIpc) is 1.98. The molecular formula is C8H20NO4S+. The summed E-state index contributed by atoms with van der Waals surface area (Å²) in [5, 5.41) is 8.64.